The maximum atomic E-state index is 12.5. The second-order valence-corrected chi connectivity index (χ2v) is 5.67. The van der Waals surface area contributed by atoms with Crippen LogP contribution >= 0.6 is 0 Å². The molecule has 0 aromatic heterocycles. The Bertz CT molecular complexity index is 827. The van der Waals surface area contributed by atoms with Crippen molar-refractivity contribution in [3.05, 3.63) is 71.3 Å². The van der Waals surface area contributed by atoms with Crippen LogP contribution in [0.5, 0.6) is 5.75 Å². The lowest BCUT2D eigenvalue weighted by molar-refractivity contribution is -0.140. The van der Waals surface area contributed by atoms with Crippen molar-refractivity contribution in [2.24, 2.45) is 0 Å². The summed E-state index contributed by atoms with van der Waals surface area (Å²) in [5.41, 5.74) is 0.951. The van der Waals surface area contributed by atoms with E-state index in [2.05, 4.69) is 0 Å². The molecule has 2 aromatic carbocycles. The molecule has 0 spiro atoms. The number of rotatable bonds is 4. The molecule has 6 heteroatoms. The number of carbonyl (C=O) groups excluding carboxylic acids is 2. The molecule has 2 aromatic rings. The van der Waals surface area contributed by atoms with Crippen molar-refractivity contribution in [1.82, 2.24) is 4.90 Å². The zero-order valence-corrected chi connectivity index (χ0v) is 13.3. The van der Waals surface area contributed by atoms with E-state index in [1.54, 1.807) is 42.5 Å². The number of phenols is 1. The van der Waals surface area contributed by atoms with Crippen LogP contribution in [0, 0.1) is 0 Å². The number of amides is 1. The third kappa shape index (κ3) is 2.99. The number of Topliss-reactive ketones (excluding diaryl/α,β-unsaturated/α-hetero) is 1. The van der Waals surface area contributed by atoms with E-state index in [-0.39, 0.29) is 30.2 Å². The van der Waals surface area contributed by atoms with Crippen LogP contribution in [0.1, 0.15) is 17.2 Å². The van der Waals surface area contributed by atoms with Gasteiger partial charge < -0.3 is 20.2 Å². The Hall–Kier alpha value is -3.12. The van der Waals surface area contributed by atoms with Gasteiger partial charge in [0.1, 0.15) is 11.5 Å². The highest BCUT2D eigenvalue weighted by Gasteiger charge is 2.45. The average molecular weight is 339 g/mol. The highest BCUT2D eigenvalue weighted by atomic mass is 16.3. The van der Waals surface area contributed by atoms with E-state index in [0.29, 0.717) is 11.1 Å². The van der Waals surface area contributed by atoms with E-state index in [4.69, 9.17) is 0 Å². The summed E-state index contributed by atoms with van der Waals surface area (Å²) in [5.74, 6) is -1.79. The number of β-amino-alcohol motifs (C(OH)–C–C–N with tert-alkyl or cyclic N) is 1. The van der Waals surface area contributed by atoms with E-state index >= 15 is 0 Å². The second kappa shape index (κ2) is 6.78. The zero-order chi connectivity index (χ0) is 18.0. The van der Waals surface area contributed by atoms with E-state index in [9.17, 15) is 24.9 Å². The first-order valence-corrected chi connectivity index (χ1v) is 7.78. The Balaban J connectivity index is 2.18. The standard InChI is InChI=1S/C19H17NO5/c21-11-10-20-16(12-6-8-14(22)9-7-12)15(18(24)19(20)25)17(23)13-4-2-1-3-5-13/h1-9,16,21-23H,10-11H2/t16-/m1/s1. The minimum Gasteiger partial charge on any atom is -0.508 e. The van der Waals surface area contributed by atoms with Crippen LogP contribution < -0.4 is 0 Å². The number of ketones is 1. The molecule has 0 unspecified atom stereocenters. The molecule has 1 saturated heterocycles. The first-order chi connectivity index (χ1) is 12.0. The molecule has 25 heavy (non-hydrogen) atoms. The van der Waals surface area contributed by atoms with Crippen molar-refractivity contribution in [3.63, 3.8) is 0 Å². The van der Waals surface area contributed by atoms with E-state index < -0.39 is 17.7 Å². The minimum absolute atomic E-state index is 0.0321. The number of benzene rings is 2. The lowest BCUT2D eigenvalue weighted by Crippen LogP contribution is -2.32. The first-order valence-electron chi connectivity index (χ1n) is 7.78. The fourth-order valence-electron chi connectivity index (χ4n) is 2.97. The smallest absolute Gasteiger partial charge is 0.295 e. The molecule has 1 aliphatic rings. The highest BCUT2D eigenvalue weighted by Crippen LogP contribution is 2.39. The Morgan fingerprint density at radius 2 is 1.64 bits per heavy atom. The number of likely N-dealkylation sites (tertiary alicyclic amines) is 1. The van der Waals surface area contributed by atoms with Crippen LogP contribution in [0.2, 0.25) is 0 Å². The van der Waals surface area contributed by atoms with Crippen molar-refractivity contribution in [1.29, 1.82) is 0 Å². The summed E-state index contributed by atoms with van der Waals surface area (Å²) in [5, 5.41) is 29.4. The molecule has 1 aliphatic heterocycles. The number of aliphatic hydroxyl groups excluding tert-OH is 2. The summed E-state index contributed by atoms with van der Waals surface area (Å²) in [6.45, 7) is -0.353. The molecule has 0 saturated carbocycles. The molecule has 3 rings (SSSR count). The van der Waals surface area contributed by atoms with Gasteiger partial charge in [-0.05, 0) is 17.7 Å². The van der Waals surface area contributed by atoms with Crippen LogP contribution in [0.3, 0.4) is 0 Å². The molecule has 1 atom stereocenters. The molecule has 1 fully saturated rings. The predicted molar refractivity (Wildman–Crippen MR) is 90.6 cm³/mol. The van der Waals surface area contributed by atoms with Gasteiger partial charge in [0.15, 0.2) is 0 Å². The van der Waals surface area contributed by atoms with Gasteiger partial charge in [-0.25, -0.2) is 0 Å². The van der Waals surface area contributed by atoms with Crippen LogP contribution in [0.4, 0.5) is 0 Å². The Morgan fingerprint density at radius 1 is 1.00 bits per heavy atom. The number of carbonyl (C=O) groups is 2. The highest BCUT2D eigenvalue weighted by molar-refractivity contribution is 6.46. The fourth-order valence-corrected chi connectivity index (χ4v) is 2.97. The van der Waals surface area contributed by atoms with Crippen LogP contribution in [0.15, 0.2) is 60.2 Å². The quantitative estimate of drug-likeness (QED) is 0.448. The maximum Gasteiger partial charge on any atom is 0.295 e. The number of hydrogen-bond donors (Lipinski definition) is 3. The molecule has 128 valence electrons. The number of nitrogens with zero attached hydrogens (tertiary/aromatic N) is 1. The summed E-state index contributed by atoms with van der Waals surface area (Å²) in [6.07, 6.45) is 0. The van der Waals surface area contributed by atoms with Gasteiger partial charge in [-0.1, -0.05) is 42.5 Å². The van der Waals surface area contributed by atoms with Gasteiger partial charge in [0.2, 0.25) is 0 Å². The molecule has 6 nitrogen and oxygen atoms in total. The maximum absolute atomic E-state index is 12.5. The normalized spacial score (nSPS) is 19.4. The molecule has 0 bridgehead atoms. The van der Waals surface area contributed by atoms with Crippen LogP contribution in [0.25, 0.3) is 5.76 Å². The lowest BCUT2D eigenvalue weighted by atomic mass is 9.95. The van der Waals surface area contributed by atoms with Crippen LogP contribution in [-0.2, 0) is 9.59 Å². The zero-order valence-electron chi connectivity index (χ0n) is 13.3. The topological polar surface area (TPSA) is 98.1 Å². The first kappa shape index (κ1) is 16.7. The Morgan fingerprint density at radius 3 is 2.24 bits per heavy atom. The number of hydrogen-bond acceptors (Lipinski definition) is 5. The van der Waals surface area contributed by atoms with Gasteiger partial charge in [-0.3, -0.25) is 9.59 Å². The monoisotopic (exact) mass is 339 g/mol. The summed E-state index contributed by atoms with van der Waals surface area (Å²) in [4.78, 5) is 26.1. The van der Waals surface area contributed by atoms with E-state index in [1.165, 1.54) is 17.0 Å². The van der Waals surface area contributed by atoms with Gasteiger partial charge in [0.25, 0.3) is 11.7 Å². The molecular formula is C19H17NO5. The molecular weight excluding hydrogens is 322 g/mol. The summed E-state index contributed by atoms with van der Waals surface area (Å²) in [6, 6.07) is 13.7. The Labute approximate surface area is 144 Å². The summed E-state index contributed by atoms with van der Waals surface area (Å²) >= 11 is 0. The second-order valence-electron chi connectivity index (χ2n) is 5.67. The van der Waals surface area contributed by atoms with Gasteiger partial charge in [-0.15, -0.1) is 0 Å². The van der Waals surface area contributed by atoms with Gasteiger partial charge in [0, 0.05) is 12.1 Å². The van der Waals surface area contributed by atoms with Crippen molar-refractivity contribution < 1.29 is 24.9 Å². The number of aliphatic hydroxyl groups is 2. The van der Waals surface area contributed by atoms with Crippen LogP contribution in [-0.4, -0.2) is 45.1 Å². The van der Waals surface area contributed by atoms with Crippen molar-refractivity contribution in [2.75, 3.05) is 13.2 Å². The SMILES string of the molecule is O=C1C(=O)N(CCO)[C@H](c2ccc(O)cc2)C1=C(O)c1ccccc1. The lowest BCUT2D eigenvalue weighted by Gasteiger charge is -2.24. The van der Waals surface area contributed by atoms with Gasteiger partial charge >= 0.3 is 0 Å². The van der Waals surface area contributed by atoms with Crippen molar-refractivity contribution in [3.8, 4) is 5.75 Å². The average Bonchev–Trinajstić information content (AvgIpc) is 2.88. The van der Waals surface area contributed by atoms with E-state index in [1.807, 2.05) is 0 Å². The summed E-state index contributed by atoms with van der Waals surface area (Å²) in [7, 11) is 0. The number of phenolic OH excluding ortho intramolecular Hbond substituents is 1. The molecule has 0 radical (unpaired) electrons. The summed E-state index contributed by atoms with van der Waals surface area (Å²) < 4.78 is 0. The predicted octanol–water partition coefficient (Wildman–Crippen LogP) is 1.81. The third-order valence-electron chi connectivity index (χ3n) is 4.14. The minimum atomic E-state index is -0.826. The number of aromatic hydroxyl groups is 1. The van der Waals surface area contributed by atoms with E-state index in [0.717, 1.165) is 0 Å². The largest absolute Gasteiger partial charge is 0.508 e. The van der Waals surface area contributed by atoms with Crippen molar-refractivity contribution >= 4 is 17.4 Å². The third-order valence-corrected chi connectivity index (χ3v) is 4.14. The van der Waals surface area contributed by atoms with Crippen molar-refractivity contribution in [2.45, 2.75) is 6.04 Å². The van der Waals surface area contributed by atoms with Gasteiger partial charge in [0.05, 0.1) is 18.2 Å². The molecule has 1 heterocycles. The molecule has 0 aliphatic carbocycles. The molecule has 3 N–H and O–H groups in total. The van der Waals surface area contributed by atoms with Gasteiger partial charge in [-0.2, -0.15) is 0 Å². The Kier molecular flexibility index (Phi) is 4.54. The fraction of sp³-hybridized carbons (Fsp3) is 0.158. The molecule has 1 amide bonds.